The van der Waals surface area contributed by atoms with E-state index in [9.17, 15) is 4.79 Å². The Kier molecular flexibility index (Phi) is 6.88. The third-order valence-electron chi connectivity index (χ3n) is 4.48. The van der Waals surface area contributed by atoms with E-state index in [0.29, 0.717) is 11.8 Å². The maximum Gasteiger partial charge on any atom is 0.335 e. The van der Waals surface area contributed by atoms with Crippen LogP contribution in [0.5, 0.6) is 0 Å². The first-order valence-electron chi connectivity index (χ1n) is 8.38. The van der Waals surface area contributed by atoms with E-state index in [2.05, 4.69) is 5.32 Å². The van der Waals surface area contributed by atoms with Gasteiger partial charge in [-0.3, -0.25) is 0 Å². The zero-order valence-electron chi connectivity index (χ0n) is 13.7. The summed E-state index contributed by atoms with van der Waals surface area (Å²) in [4.78, 5) is 11.1. The van der Waals surface area contributed by atoms with Gasteiger partial charge in [0.05, 0.1) is 12.1 Å². The molecule has 0 radical (unpaired) electrons. The molecule has 1 aliphatic carbocycles. The van der Waals surface area contributed by atoms with Gasteiger partial charge in [0.1, 0.15) is 11.5 Å². The SMILES string of the molecule is Cl.O=C(O)c1cccc(-c2ccc(CNC3CCCCCC3)o2)c1. The molecular formula is C19H24ClNO3. The zero-order valence-corrected chi connectivity index (χ0v) is 14.5. The minimum atomic E-state index is -0.923. The molecule has 0 aliphatic heterocycles. The van der Waals surface area contributed by atoms with Crippen molar-refractivity contribution >= 4 is 18.4 Å². The van der Waals surface area contributed by atoms with Gasteiger partial charge in [0.25, 0.3) is 0 Å². The van der Waals surface area contributed by atoms with Crippen LogP contribution in [0.4, 0.5) is 0 Å². The maximum atomic E-state index is 11.1. The molecule has 0 amide bonds. The fraction of sp³-hybridized carbons (Fsp3) is 0.421. The van der Waals surface area contributed by atoms with Crippen molar-refractivity contribution in [1.82, 2.24) is 5.32 Å². The normalized spacial score (nSPS) is 15.5. The molecule has 3 rings (SSSR count). The summed E-state index contributed by atoms with van der Waals surface area (Å²) in [6, 6.07) is 11.3. The van der Waals surface area contributed by atoms with Gasteiger partial charge < -0.3 is 14.8 Å². The van der Waals surface area contributed by atoms with Crippen molar-refractivity contribution in [3.05, 3.63) is 47.7 Å². The zero-order chi connectivity index (χ0) is 16.1. The smallest absolute Gasteiger partial charge is 0.335 e. The van der Waals surface area contributed by atoms with E-state index < -0.39 is 5.97 Å². The molecule has 0 bridgehead atoms. The van der Waals surface area contributed by atoms with Crippen molar-refractivity contribution in [3.8, 4) is 11.3 Å². The Morgan fingerprint density at radius 3 is 2.58 bits per heavy atom. The molecule has 5 heteroatoms. The molecule has 1 saturated carbocycles. The van der Waals surface area contributed by atoms with Crippen LogP contribution in [0.3, 0.4) is 0 Å². The van der Waals surface area contributed by atoms with E-state index in [-0.39, 0.29) is 18.0 Å². The third-order valence-corrected chi connectivity index (χ3v) is 4.48. The minimum Gasteiger partial charge on any atom is -0.478 e. The number of carboxylic acid groups (broad SMARTS) is 1. The first-order valence-corrected chi connectivity index (χ1v) is 8.38. The summed E-state index contributed by atoms with van der Waals surface area (Å²) in [5.74, 6) is 0.685. The number of furan rings is 1. The van der Waals surface area contributed by atoms with Gasteiger partial charge in [-0.25, -0.2) is 4.79 Å². The lowest BCUT2D eigenvalue weighted by molar-refractivity contribution is 0.0697. The number of aromatic carboxylic acids is 1. The number of halogens is 1. The Hall–Kier alpha value is -1.78. The van der Waals surface area contributed by atoms with E-state index in [1.807, 2.05) is 18.2 Å². The molecule has 0 saturated heterocycles. The van der Waals surface area contributed by atoms with Crippen LogP contribution in [0.1, 0.15) is 54.6 Å². The Morgan fingerprint density at radius 1 is 1.12 bits per heavy atom. The summed E-state index contributed by atoms with van der Waals surface area (Å²) in [7, 11) is 0. The molecule has 130 valence electrons. The predicted octanol–water partition coefficient (Wildman–Crippen LogP) is 4.88. The van der Waals surface area contributed by atoms with E-state index in [1.54, 1.807) is 18.2 Å². The van der Waals surface area contributed by atoms with Crippen LogP contribution in [0, 0.1) is 0 Å². The van der Waals surface area contributed by atoms with Crippen LogP contribution < -0.4 is 5.32 Å². The van der Waals surface area contributed by atoms with Crippen molar-refractivity contribution in [2.45, 2.75) is 51.1 Å². The van der Waals surface area contributed by atoms with Gasteiger partial charge >= 0.3 is 5.97 Å². The molecule has 24 heavy (non-hydrogen) atoms. The number of rotatable bonds is 5. The Labute approximate surface area is 148 Å². The first kappa shape index (κ1) is 18.6. The second kappa shape index (κ2) is 8.90. The van der Waals surface area contributed by atoms with E-state index >= 15 is 0 Å². The van der Waals surface area contributed by atoms with Gasteiger partial charge in [0.15, 0.2) is 0 Å². The Balaban J connectivity index is 0.00000208. The highest BCUT2D eigenvalue weighted by molar-refractivity contribution is 5.89. The van der Waals surface area contributed by atoms with Crippen molar-refractivity contribution in [3.63, 3.8) is 0 Å². The summed E-state index contributed by atoms with van der Waals surface area (Å²) in [6.07, 6.45) is 7.81. The van der Waals surface area contributed by atoms with Crippen LogP contribution >= 0.6 is 12.4 Å². The standard InChI is InChI=1S/C19H23NO3.ClH/c21-19(22)15-7-5-6-14(12-15)18-11-10-17(23-18)13-20-16-8-3-1-2-4-9-16;/h5-7,10-12,16,20H,1-4,8-9,13H2,(H,21,22);1H. The lowest BCUT2D eigenvalue weighted by Gasteiger charge is -2.14. The summed E-state index contributed by atoms with van der Waals surface area (Å²) in [5.41, 5.74) is 1.07. The lowest BCUT2D eigenvalue weighted by atomic mass is 10.1. The van der Waals surface area contributed by atoms with E-state index in [1.165, 1.54) is 38.5 Å². The van der Waals surface area contributed by atoms with Crippen molar-refractivity contribution in [2.75, 3.05) is 0 Å². The summed E-state index contributed by atoms with van der Waals surface area (Å²) >= 11 is 0. The van der Waals surface area contributed by atoms with Crippen molar-refractivity contribution in [1.29, 1.82) is 0 Å². The summed E-state index contributed by atoms with van der Waals surface area (Å²) < 4.78 is 5.87. The molecule has 2 N–H and O–H groups in total. The monoisotopic (exact) mass is 349 g/mol. The third kappa shape index (κ3) is 4.86. The highest BCUT2D eigenvalue weighted by Gasteiger charge is 2.13. The fourth-order valence-corrected chi connectivity index (χ4v) is 3.16. The average molecular weight is 350 g/mol. The van der Waals surface area contributed by atoms with Gasteiger partial charge in [-0.1, -0.05) is 37.8 Å². The first-order chi connectivity index (χ1) is 11.2. The van der Waals surface area contributed by atoms with Crippen molar-refractivity contribution < 1.29 is 14.3 Å². The van der Waals surface area contributed by atoms with E-state index in [4.69, 9.17) is 9.52 Å². The Morgan fingerprint density at radius 2 is 1.88 bits per heavy atom. The molecule has 0 atom stereocenters. The second-order valence-corrected chi connectivity index (χ2v) is 6.22. The van der Waals surface area contributed by atoms with Crippen LogP contribution in [0.15, 0.2) is 40.8 Å². The predicted molar refractivity (Wildman–Crippen MR) is 96.7 cm³/mol. The van der Waals surface area contributed by atoms with Crippen LogP contribution in [0.2, 0.25) is 0 Å². The molecule has 1 aliphatic rings. The molecule has 0 spiro atoms. The number of hydrogen-bond donors (Lipinski definition) is 2. The van der Waals surface area contributed by atoms with Crippen molar-refractivity contribution in [2.24, 2.45) is 0 Å². The average Bonchev–Trinajstić information content (AvgIpc) is 2.89. The van der Waals surface area contributed by atoms with E-state index in [0.717, 1.165) is 17.9 Å². The number of carbonyl (C=O) groups is 1. The number of benzene rings is 1. The highest BCUT2D eigenvalue weighted by atomic mass is 35.5. The molecule has 1 aromatic carbocycles. The fourth-order valence-electron chi connectivity index (χ4n) is 3.16. The van der Waals surface area contributed by atoms with Gasteiger partial charge in [0, 0.05) is 11.6 Å². The summed E-state index contributed by atoms with van der Waals surface area (Å²) in [5, 5.41) is 12.7. The van der Waals surface area contributed by atoms with Crippen LogP contribution in [-0.2, 0) is 6.54 Å². The lowest BCUT2D eigenvalue weighted by Crippen LogP contribution is -2.27. The van der Waals surface area contributed by atoms with Gasteiger partial charge in [-0.2, -0.15) is 0 Å². The van der Waals surface area contributed by atoms with Crippen LogP contribution in [0.25, 0.3) is 11.3 Å². The number of nitrogens with one attached hydrogen (secondary N) is 1. The topological polar surface area (TPSA) is 62.5 Å². The van der Waals surface area contributed by atoms with Gasteiger partial charge in [-0.15, -0.1) is 12.4 Å². The quantitative estimate of drug-likeness (QED) is 0.755. The highest BCUT2D eigenvalue weighted by Crippen LogP contribution is 2.24. The maximum absolute atomic E-state index is 11.1. The number of hydrogen-bond acceptors (Lipinski definition) is 3. The summed E-state index contributed by atoms with van der Waals surface area (Å²) in [6.45, 7) is 0.725. The Bertz CT molecular complexity index is 660. The molecular weight excluding hydrogens is 326 g/mol. The second-order valence-electron chi connectivity index (χ2n) is 6.22. The molecule has 1 aromatic heterocycles. The molecule has 0 unspecified atom stereocenters. The molecule has 4 nitrogen and oxygen atoms in total. The largest absolute Gasteiger partial charge is 0.478 e. The van der Waals surface area contributed by atoms with Gasteiger partial charge in [0.2, 0.25) is 0 Å². The molecule has 1 heterocycles. The minimum absolute atomic E-state index is 0. The molecule has 2 aromatic rings. The molecule has 1 fully saturated rings. The number of carboxylic acids is 1. The van der Waals surface area contributed by atoms with Gasteiger partial charge in [-0.05, 0) is 37.1 Å². The van der Waals surface area contributed by atoms with Crippen LogP contribution in [-0.4, -0.2) is 17.1 Å².